The normalized spacial score (nSPS) is 10.6. The molecule has 2 N–H and O–H groups in total. The van der Waals surface area contributed by atoms with Gasteiger partial charge in [0.1, 0.15) is 6.61 Å². The van der Waals surface area contributed by atoms with Gasteiger partial charge < -0.3 is 19.9 Å². The van der Waals surface area contributed by atoms with E-state index in [-0.39, 0.29) is 5.56 Å². The molecule has 0 radical (unpaired) electrons. The van der Waals surface area contributed by atoms with Crippen LogP contribution in [0, 0.1) is 6.92 Å². The van der Waals surface area contributed by atoms with E-state index in [1.54, 1.807) is 31.4 Å². The Balaban J connectivity index is 1.63. The van der Waals surface area contributed by atoms with E-state index in [0.717, 1.165) is 22.3 Å². The number of methoxy groups -OCH3 is 1. The Morgan fingerprint density at radius 2 is 1.73 bits per heavy atom. The number of carboxylic acids is 1. The van der Waals surface area contributed by atoms with Crippen molar-refractivity contribution < 1.29 is 19.4 Å². The molecule has 0 aliphatic heterocycles. The summed E-state index contributed by atoms with van der Waals surface area (Å²) in [7, 11) is 1.59. The van der Waals surface area contributed by atoms with Crippen molar-refractivity contribution in [3.63, 3.8) is 0 Å². The summed E-state index contributed by atoms with van der Waals surface area (Å²) in [6.45, 7) is 3.63. The molecule has 156 valence electrons. The summed E-state index contributed by atoms with van der Waals surface area (Å²) in [5.74, 6) is 0.176. The highest BCUT2D eigenvalue weighted by molar-refractivity contribution is 6.32. The Morgan fingerprint density at radius 1 is 1.03 bits per heavy atom. The molecule has 3 rings (SSSR count). The summed E-state index contributed by atoms with van der Waals surface area (Å²) in [5.41, 5.74) is 4.48. The fourth-order valence-corrected chi connectivity index (χ4v) is 3.34. The van der Waals surface area contributed by atoms with Crippen molar-refractivity contribution in [3.05, 3.63) is 93.5 Å². The van der Waals surface area contributed by atoms with E-state index in [0.29, 0.717) is 36.2 Å². The third-order valence-electron chi connectivity index (χ3n) is 4.78. The van der Waals surface area contributed by atoms with Crippen LogP contribution in [-0.2, 0) is 19.7 Å². The minimum atomic E-state index is -0.930. The highest BCUT2D eigenvalue weighted by Crippen LogP contribution is 2.37. The van der Waals surface area contributed by atoms with E-state index in [9.17, 15) is 4.79 Å². The summed E-state index contributed by atoms with van der Waals surface area (Å²) in [6, 6.07) is 18.6. The second-order valence-corrected chi connectivity index (χ2v) is 7.34. The number of rotatable bonds is 9. The predicted octanol–water partition coefficient (Wildman–Crippen LogP) is 5.22. The molecule has 0 saturated heterocycles. The van der Waals surface area contributed by atoms with Crippen molar-refractivity contribution in [3.8, 4) is 11.5 Å². The fourth-order valence-electron chi connectivity index (χ4n) is 3.05. The summed E-state index contributed by atoms with van der Waals surface area (Å²) < 4.78 is 11.5. The van der Waals surface area contributed by atoms with Gasteiger partial charge in [-0.15, -0.1) is 0 Å². The van der Waals surface area contributed by atoms with Crippen LogP contribution in [0.25, 0.3) is 0 Å². The van der Waals surface area contributed by atoms with Crippen molar-refractivity contribution in [1.29, 1.82) is 0 Å². The summed E-state index contributed by atoms with van der Waals surface area (Å²) in [4.78, 5) is 10.9. The van der Waals surface area contributed by atoms with Gasteiger partial charge in [0, 0.05) is 13.1 Å². The second-order valence-electron chi connectivity index (χ2n) is 6.93. The maximum absolute atomic E-state index is 10.9. The molecule has 30 heavy (non-hydrogen) atoms. The van der Waals surface area contributed by atoms with Crippen LogP contribution in [0.3, 0.4) is 0 Å². The average molecular weight is 426 g/mol. The van der Waals surface area contributed by atoms with E-state index >= 15 is 0 Å². The molecule has 5 nitrogen and oxygen atoms in total. The minimum Gasteiger partial charge on any atom is -0.493 e. The lowest BCUT2D eigenvalue weighted by Crippen LogP contribution is -2.13. The number of aromatic carboxylic acids is 1. The van der Waals surface area contributed by atoms with Crippen LogP contribution in [0.4, 0.5) is 0 Å². The Labute approximate surface area is 181 Å². The molecule has 0 spiro atoms. The first-order valence-corrected chi connectivity index (χ1v) is 9.92. The van der Waals surface area contributed by atoms with Gasteiger partial charge in [-0.2, -0.15) is 0 Å². The Hall–Kier alpha value is -3.02. The Kier molecular flexibility index (Phi) is 7.33. The van der Waals surface area contributed by atoms with Crippen LogP contribution in [0.1, 0.15) is 32.6 Å². The van der Waals surface area contributed by atoms with Crippen LogP contribution in [0.15, 0.2) is 60.7 Å². The molecule has 3 aromatic carbocycles. The van der Waals surface area contributed by atoms with E-state index in [2.05, 4.69) is 5.32 Å². The zero-order valence-corrected chi connectivity index (χ0v) is 17.7. The van der Waals surface area contributed by atoms with Gasteiger partial charge in [-0.05, 0) is 53.4 Å². The van der Waals surface area contributed by atoms with Crippen molar-refractivity contribution in [2.45, 2.75) is 26.6 Å². The first-order chi connectivity index (χ1) is 14.5. The van der Waals surface area contributed by atoms with Crippen LogP contribution < -0.4 is 14.8 Å². The summed E-state index contributed by atoms with van der Waals surface area (Å²) in [5, 5.41) is 12.8. The molecule has 0 atom stereocenters. The van der Waals surface area contributed by atoms with Crippen molar-refractivity contribution in [2.24, 2.45) is 0 Å². The molecule has 0 heterocycles. The molecule has 0 aromatic heterocycles. The number of halogens is 1. The lowest BCUT2D eigenvalue weighted by molar-refractivity contribution is 0.0697. The molecule has 0 bridgehead atoms. The van der Waals surface area contributed by atoms with Gasteiger partial charge in [0.25, 0.3) is 0 Å². The third kappa shape index (κ3) is 5.53. The highest BCUT2D eigenvalue weighted by Gasteiger charge is 2.13. The Morgan fingerprint density at radius 3 is 2.40 bits per heavy atom. The van der Waals surface area contributed by atoms with E-state index in [1.807, 2.05) is 43.3 Å². The number of carbonyl (C=O) groups is 1. The quantitative estimate of drug-likeness (QED) is 0.491. The molecule has 0 fully saturated rings. The van der Waals surface area contributed by atoms with Gasteiger partial charge in [-0.3, -0.25) is 0 Å². The van der Waals surface area contributed by atoms with Crippen LogP contribution >= 0.6 is 11.6 Å². The smallest absolute Gasteiger partial charge is 0.335 e. The molecule has 3 aromatic rings. The minimum absolute atomic E-state index is 0.275. The van der Waals surface area contributed by atoms with Gasteiger partial charge in [0.05, 0.1) is 17.7 Å². The lowest BCUT2D eigenvalue weighted by Gasteiger charge is -2.15. The van der Waals surface area contributed by atoms with Crippen LogP contribution in [0.2, 0.25) is 5.02 Å². The van der Waals surface area contributed by atoms with Gasteiger partial charge in [-0.1, -0.05) is 48.0 Å². The maximum atomic E-state index is 10.9. The topological polar surface area (TPSA) is 67.8 Å². The largest absolute Gasteiger partial charge is 0.493 e. The molecular weight excluding hydrogens is 402 g/mol. The van der Waals surface area contributed by atoms with E-state index in [4.69, 9.17) is 26.2 Å². The Bertz CT molecular complexity index is 1020. The number of hydrogen-bond acceptors (Lipinski definition) is 4. The molecule has 0 amide bonds. The second kappa shape index (κ2) is 10.1. The van der Waals surface area contributed by atoms with Gasteiger partial charge in [0.15, 0.2) is 11.5 Å². The van der Waals surface area contributed by atoms with E-state index in [1.165, 1.54) is 0 Å². The summed E-state index contributed by atoms with van der Waals surface area (Å²) >= 11 is 6.47. The van der Waals surface area contributed by atoms with Gasteiger partial charge in [0.2, 0.25) is 0 Å². The van der Waals surface area contributed by atoms with E-state index < -0.39 is 5.97 Å². The first kappa shape index (κ1) is 21.7. The fraction of sp³-hybridized carbons (Fsp3) is 0.208. The van der Waals surface area contributed by atoms with Crippen molar-refractivity contribution >= 4 is 17.6 Å². The van der Waals surface area contributed by atoms with Crippen LogP contribution in [-0.4, -0.2) is 18.2 Å². The lowest BCUT2D eigenvalue weighted by atomic mass is 10.1. The zero-order chi connectivity index (χ0) is 21.5. The number of nitrogens with one attached hydrogen (secondary N) is 1. The number of benzene rings is 3. The van der Waals surface area contributed by atoms with Gasteiger partial charge in [-0.25, -0.2) is 4.79 Å². The average Bonchev–Trinajstić information content (AvgIpc) is 2.74. The van der Waals surface area contributed by atoms with Crippen LogP contribution in [0.5, 0.6) is 11.5 Å². The maximum Gasteiger partial charge on any atom is 0.335 e. The molecule has 0 unspecified atom stereocenters. The predicted molar refractivity (Wildman–Crippen MR) is 117 cm³/mol. The number of carboxylic acid groups (broad SMARTS) is 1. The molecule has 0 aliphatic rings. The first-order valence-electron chi connectivity index (χ1n) is 9.54. The molecule has 0 saturated carbocycles. The number of ether oxygens (including phenoxy) is 2. The number of hydrogen-bond donors (Lipinski definition) is 2. The zero-order valence-electron chi connectivity index (χ0n) is 16.9. The molecule has 0 aliphatic carbocycles. The summed E-state index contributed by atoms with van der Waals surface area (Å²) in [6.07, 6.45) is 0. The van der Waals surface area contributed by atoms with Gasteiger partial charge >= 0.3 is 5.97 Å². The monoisotopic (exact) mass is 425 g/mol. The SMILES string of the molecule is COc1cc(CNCc2ccc(C(=O)O)cc2)cc(Cl)c1OCc1ccccc1C. The standard InChI is InChI=1S/C24H24ClNO4/c1-16-5-3-4-6-20(16)15-30-23-21(25)11-18(12-22(23)29-2)14-26-13-17-7-9-19(10-8-17)24(27)28/h3-12,26H,13-15H2,1-2H3,(H,27,28). The molecule has 6 heteroatoms. The molecular formula is C24H24ClNO4. The van der Waals surface area contributed by atoms with Crippen molar-refractivity contribution in [1.82, 2.24) is 5.32 Å². The highest BCUT2D eigenvalue weighted by atomic mass is 35.5. The third-order valence-corrected chi connectivity index (χ3v) is 5.06. The number of aryl methyl sites for hydroxylation is 1. The van der Waals surface area contributed by atoms with Crippen molar-refractivity contribution in [2.75, 3.05) is 7.11 Å².